The molecular formula is C28H38N2O3S. The molecule has 1 aliphatic carbocycles. The van der Waals surface area contributed by atoms with Crippen LogP contribution in [0.1, 0.15) is 54.9 Å². The molecule has 1 saturated carbocycles. The van der Waals surface area contributed by atoms with Crippen LogP contribution in [0.2, 0.25) is 0 Å². The smallest absolute Gasteiger partial charge is 0.252 e. The molecule has 0 bridgehead atoms. The van der Waals surface area contributed by atoms with E-state index in [0.717, 1.165) is 23.3 Å². The van der Waals surface area contributed by atoms with Gasteiger partial charge in [-0.15, -0.1) is 11.8 Å². The summed E-state index contributed by atoms with van der Waals surface area (Å²) < 4.78 is 0. The largest absolute Gasteiger partial charge is 0.508 e. The molecular weight excluding hydrogens is 444 g/mol. The van der Waals surface area contributed by atoms with Gasteiger partial charge in [-0.05, 0) is 62.8 Å². The van der Waals surface area contributed by atoms with Crippen molar-refractivity contribution in [2.75, 3.05) is 18.8 Å². The number of hydrogen-bond acceptors (Lipinski definition) is 5. The predicted molar refractivity (Wildman–Crippen MR) is 138 cm³/mol. The van der Waals surface area contributed by atoms with E-state index in [1.54, 1.807) is 36.9 Å². The quantitative estimate of drug-likeness (QED) is 0.469. The van der Waals surface area contributed by atoms with E-state index in [9.17, 15) is 15.0 Å². The number of phenols is 1. The van der Waals surface area contributed by atoms with Crippen LogP contribution >= 0.6 is 11.8 Å². The van der Waals surface area contributed by atoms with Crippen LogP contribution in [-0.4, -0.2) is 58.1 Å². The molecule has 2 aliphatic rings. The monoisotopic (exact) mass is 482 g/mol. The highest BCUT2D eigenvalue weighted by Gasteiger charge is 2.36. The second kappa shape index (κ2) is 11.6. The number of benzene rings is 2. The number of thioether (sulfide) groups is 1. The maximum Gasteiger partial charge on any atom is 0.252 e. The average Bonchev–Trinajstić information content (AvgIpc) is 2.84. The molecule has 3 N–H and O–H groups in total. The third-order valence-corrected chi connectivity index (χ3v) is 8.86. The molecule has 5 nitrogen and oxygen atoms in total. The fourth-order valence-corrected chi connectivity index (χ4v) is 6.62. The minimum atomic E-state index is -0.680. The first-order valence-corrected chi connectivity index (χ1v) is 13.6. The van der Waals surface area contributed by atoms with E-state index in [4.69, 9.17) is 0 Å². The number of rotatable bonds is 8. The first-order valence-electron chi connectivity index (χ1n) is 12.6. The van der Waals surface area contributed by atoms with Gasteiger partial charge in [0.15, 0.2) is 0 Å². The highest BCUT2D eigenvalue weighted by atomic mass is 32.2. The molecule has 0 radical (unpaired) electrons. The van der Waals surface area contributed by atoms with Gasteiger partial charge >= 0.3 is 0 Å². The van der Waals surface area contributed by atoms with Gasteiger partial charge in [0, 0.05) is 40.9 Å². The number of piperidine rings is 1. The first-order chi connectivity index (χ1) is 16.4. The van der Waals surface area contributed by atoms with Crippen LogP contribution in [0.3, 0.4) is 0 Å². The van der Waals surface area contributed by atoms with Crippen LogP contribution in [0.5, 0.6) is 5.75 Å². The lowest BCUT2D eigenvalue weighted by Gasteiger charge is -2.46. The zero-order valence-electron chi connectivity index (χ0n) is 20.3. The Morgan fingerprint density at radius 3 is 2.62 bits per heavy atom. The number of carbonyl (C=O) groups excluding carboxylic acids is 1. The van der Waals surface area contributed by atoms with Crippen molar-refractivity contribution in [1.82, 2.24) is 10.2 Å². The van der Waals surface area contributed by atoms with Crippen LogP contribution < -0.4 is 5.32 Å². The summed E-state index contributed by atoms with van der Waals surface area (Å²) >= 11 is 1.64. The molecule has 2 fully saturated rings. The van der Waals surface area contributed by atoms with E-state index in [0.29, 0.717) is 29.5 Å². The predicted octanol–water partition coefficient (Wildman–Crippen LogP) is 4.85. The van der Waals surface area contributed by atoms with Gasteiger partial charge in [-0.2, -0.15) is 0 Å². The third-order valence-electron chi connectivity index (χ3n) is 7.73. The summed E-state index contributed by atoms with van der Waals surface area (Å²) in [6.45, 7) is 5.62. The first kappa shape index (κ1) is 25.1. The SMILES string of the molecule is Cc1c(O)cccc1C(=O)N[C@@H](CSc1ccccc1)[C@H](O)CN1C[C@H]2CCCC[C@H]2C[C@H]1C. The van der Waals surface area contributed by atoms with Gasteiger partial charge < -0.3 is 15.5 Å². The Morgan fingerprint density at radius 2 is 1.85 bits per heavy atom. The Hall–Kier alpha value is -2.02. The van der Waals surface area contributed by atoms with E-state index in [-0.39, 0.29) is 11.7 Å². The summed E-state index contributed by atoms with van der Waals surface area (Å²) in [5.74, 6) is 1.98. The second-order valence-electron chi connectivity index (χ2n) is 10.1. The Labute approximate surface area is 207 Å². The molecule has 4 rings (SSSR count). The van der Waals surface area contributed by atoms with Gasteiger partial charge in [-0.1, -0.05) is 43.5 Å². The fraction of sp³-hybridized carbons (Fsp3) is 0.536. The summed E-state index contributed by atoms with van der Waals surface area (Å²) in [6.07, 6.45) is 5.85. The van der Waals surface area contributed by atoms with Crippen molar-refractivity contribution >= 4 is 17.7 Å². The molecule has 1 aliphatic heterocycles. The third kappa shape index (κ3) is 6.15. The normalized spacial score (nSPS) is 24.7. The van der Waals surface area contributed by atoms with Gasteiger partial charge in [-0.3, -0.25) is 9.69 Å². The Bertz CT molecular complexity index is 954. The molecule has 2 aromatic rings. The van der Waals surface area contributed by atoms with Gasteiger partial charge in [0.05, 0.1) is 12.1 Å². The molecule has 0 unspecified atom stereocenters. The van der Waals surface area contributed by atoms with Crippen molar-refractivity contribution in [3.63, 3.8) is 0 Å². The highest BCUT2D eigenvalue weighted by Crippen LogP contribution is 2.38. The topological polar surface area (TPSA) is 72.8 Å². The molecule has 1 amide bonds. The lowest BCUT2D eigenvalue weighted by molar-refractivity contribution is 0.00588. The lowest BCUT2D eigenvalue weighted by Crippen LogP contribution is -2.54. The number of likely N-dealkylation sites (tertiary alicyclic amines) is 1. The zero-order chi connectivity index (χ0) is 24.1. The van der Waals surface area contributed by atoms with Crippen LogP contribution in [0.4, 0.5) is 0 Å². The number of amides is 1. The number of phenolic OH excluding ortho intramolecular Hbond substituents is 1. The van der Waals surface area contributed by atoms with E-state index in [2.05, 4.69) is 17.1 Å². The van der Waals surface area contributed by atoms with E-state index < -0.39 is 12.1 Å². The minimum absolute atomic E-state index is 0.104. The van der Waals surface area contributed by atoms with Crippen molar-refractivity contribution in [3.05, 3.63) is 59.7 Å². The van der Waals surface area contributed by atoms with Gasteiger partial charge in [0.2, 0.25) is 0 Å². The van der Waals surface area contributed by atoms with Gasteiger partial charge in [0.25, 0.3) is 5.91 Å². The molecule has 2 aromatic carbocycles. The van der Waals surface area contributed by atoms with E-state index in [1.807, 2.05) is 30.3 Å². The molecule has 34 heavy (non-hydrogen) atoms. The number of aliphatic hydroxyl groups is 1. The second-order valence-corrected chi connectivity index (χ2v) is 11.2. The maximum atomic E-state index is 13.1. The summed E-state index contributed by atoms with van der Waals surface area (Å²) in [6, 6.07) is 15.1. The van der Waals surface area contributed by atoms with Crippen LogP contribution in [-0.2, 0) is 0 Å². The standard InChI is InChI=1S/C28H38N2O3S/c1-19-15-21-9-6-7-10-22(21)16-30(19)17-27(32)25(18-34-23-11-4-3-5-12-23)29-28(33)24-13-8-14-26(31)20(24)2/h3-5,8,11-14,19,21-22,25,27,31-32H,6-7,9-10,15-18H2,1-2H3,(H,29,33)/t19-,21+,22-,25+,27-/m1/s1. The van der Waals surface area contributed by atoms with Crippen LogP contribution in [0.15, 0.2) is 53.4 Å². The van der Waals surface area contributed by atoms with Crippen molar-refractivity contribution in [2.45, 2.75) is 69.0 Å². The number of hydrogen-bond donors (Lipinski definition) is 3. The molecule has 1 saturated heterocycles. The van der Waals surface area contributed by atoms with E-state index in [1.165, 1.54) is 32.1 Å². The summed E-state index contributed by atoms with van der Waals surface area (Å²) in [5.41, 5.74) is 0.996. The molecule has 0 spiro atoms. The Kier molecular flexibility index (Phi) is 8.56. The summed E-state index contributed by atoms with van der Waals surface area (Å²) in [7, 11) is 0. The van der Waals surface area contributed by atoms with Gasteiger partial charge in [-0.25, -0.2) is 0 Å². The minimum Gasteiger partial charge on any atom is -0.508 e. The number of nitrogens with one attached hydrogen (secondary N) is 1. The number of nitrogens with zero attached hydrogens (tertiary/aromatic N) is 1. The number of fused-ring (bicyclic) bond motifs is 1. The number of aliphatic hydroxyl groups excluding tert-OH is 1. The van der Waals surface area contributed by atoms with Gasteiger partial charge in [0.1, 0.15) is 5.75 Å². The molecule has 0 aromatic heterocycles. The fourth-order valence-electron chi connectivity index (χ4n) is 5.59. The van der Waals surface area contributed by atoms with Crippen molar-refractivity contribution in [1.29, 1.82) is 0 Å². The van der Waals surface area contributed by atoms with Crippen molar-refractivity contribution < 1.29 is 15.0 Å². The molecule has 184 valence electrons. The number of carbonyl (C=O) groups is 1. The summed E-state index contributed by atoms with van der Waals surface area (Å²) in [5, 5.41) is 24.5. The number of aromatic hydroxyl groups is 1. The van der Waals surface area contributed by atoms with Crippen LogP contribution in [0, 0.1) is 18.8 Å². The van der Waals surface area contributed by atoms with Crippen molar-refractivity contribution in [3.8, 4) is 5.75 Å². The maximum absolute atomic E-state index is 13.1. The molecule has 6 heteroatoms. The van der Waals surface area contributed by atoms with E-state index >= 15 is 0 Å². The number of β-amino-alcohol motifs (C(OH)–C–C–N with tert-alkyl or cyclic N) is 1. The lowest BCUT2D eigenvalue weighted by atomic mass is 9.73. The highest BCUT2D eigenvalue weighted by molar-refractivity contribution is 7.99. The van der Waals surface area contributed by atoms with Crippen LogP contribution in [0.25, 0.3) is 0 Å². The molecule has 5 atom stereocenters. The average molecular weight is 483 g/mol. The Morgan fingerprint density at radius 1 is 1.12 bits per heavy atom. The Balaban J connectivity index is 1.46. The molecule has 1 heterocycles. The summed E-state index contributed by atoms with van der Waals surface area (Å²) in [4.78, 5) is 16.7. The van der Waals surface area contributed by atoms with Crippen molar-refractivity contribution in [2.24, 2.45) is 11.8 Å². The zero-order valence-corrected chi connectivity index (χ0v) is 21.1.